The van der Waals surface area contributed by atoms with E-state index >= 15 is 0 Å². The summed E-state index contributed by atoms with van der Waals surface area (Å²) in [5.74, 6) is -0.701. The number of aliphatic hydroxyl groups is 3. The van der Waals surface area contributed by atoms with Crippen LogP contribution in [0.1, 0.15) is 10.4 Å². The van der Waals surface area contributed by atoms with Gasteiger partial charge in [0.1, 0.15) is 5.54 Å². The van der Waals surface area contributed by atoms with Crippen LogP contribution < -0.4 is 5.32 Å². The van der Waals surface area contributed by atoms with E-state index < -0.39 is 41.1 Å². The minimum Gasteiger partial charge on any atom is -0.394 e. The average Bonchev–Trinajstić information content (AvgIpc) is 2.44. The van der Waals surface area contributed by atoms with Crippen LogP contribution in [0.5, 0.6) is 0 Å². The van der Waals surface area contributed by atoms with E-state index in [9.17, 15) is 13.2 Å². The fourth-order valence-corrected chi connectivity index (χ4v) is 2.12. The van der Waals surface area contributed by atoms with Gasteiger partial charge in [0.05, 0.1) is 24.7 Å². The first-order chi connectivity index (χ1) is 9.28. The van der Waals surface area contributed by atoms with Crippen molar-refractivity contribution >= 4 is 15.7 Å². The topological polar surface area (TPSA) is 124 Å². The summed E-state index contributed by atoms with van der Waals surface area (Å²) in [6.07, 6.45) is 1.02. The lowest BCUT2D eigenvalue weighted by atomic mass is 10.0. The lowest BCUT2D eigenvalue weighted by Gasteiger charge is -2.28. The molecule has 20 heavy (non-hydrogen) atoms. The van der Waals surface area contributed by atoms with Crippen LogP contribution in [-0.2, 0) is 9.84 Å². The van der Waals surface area contributed by atoms with Crippen LogP contribution in [0, 0.1) is 0 Å². The van der Waals surface area contributed by atoms with Crippen LogP contribution in [0.25, 0.3) is 0 Å². The number of hydrogen-bond acceptors (Lipinski definition) is 6. The Balaban J connectivity index is 3.05. The van der Waals surface area contributed by atoms with Crippen molar-refractivity contribution in [1.29, 1.82) is 0 Å². The molecule has 8 heteroatoms. The van der Waals surface area contributed by atoms with Gasteiger partial charge in [-0.25, -0.2) is 8.42 Å². The fraction of sp³-hybridized carbons (Fsp3) is 0.417. The van der Waals surface area contributed by atoms with Crippen LogP contribution in [-0.4, -0.2) is 61.3 Å². The highest BCUT2D eigenvalue weighted by Gasteiger charge is 2.30. The molecule has 1 aromatic rings. The summed E-state index contributed by atoms with van der Waals surface area (Å²) in [4.78, 5) is 12.0. The molecule has 1 rings (SSSR count). The zero-order chi connectivity index (χ0) is 15.4. The first kappa shape index (κ1) is 16.6. The van der Waals surface area contributed by atoms with Gasteiger partial charge in [-0.15, -0.1) is 0 Å². The molecule has 0 bridgehead atoms. The number of aliphatic hydroxyl groups excluding tert-OH is 3. The zero-order valence-electron chi connectivity index (χ0n) is 10.9. The van der Waals surface area contributed by atoms with E-state index in [1.807, 2.05) is 0 Å². The third-order valence-corrected chi connectivity index (χ3v) is 3.92. The van der Waals surface area contributed by atoms with E-state index in [4.69, 9.17) is 15.3 Å². The summed E-state index contributed by atoms with van der Waals surface area (Å²) in [6.45, 7) is -1.97. The first-order valence-electron chi connectivity index (χ1n) is 5.73. The van der Waals surface area contributed by atoms with Gasteiger partial charge in [-0.05, 0) is 18.2 Å². The lowest BCUT2D eigenvalue weighted by Crippen LogP contribution is -2.57. The van der Waals surface area contributed by atoms with Crippen molar-refractivity contribution in [2.75, 3.05) is 26.1 Å². The maximum atomic E-state index is 12.0. The second-order valence-electron chi connectivity index (χ2n) is 4.51. The van der Waals surface area contributed by atoms with Gasteiger partial charge >= 0.3 is 0 Å². The number of carbonyl (C=O) groups excluding carboxylic acids is 1. The molecule has 0 heterocycles. The number of hydrogen-bond donors (Lipinski definition) is 4. The van der Waals surface area contributed by atoms with Crippen molar-refractivity contribution in [3.8, 4) is 0 Å². The Hall–Kier alpha value is -1.48. The molecule has 0 aromatic heterocycles. The Morgan fingerprint density at radius 1 is 1.20 bits per heavy atom. The van der Waals surface area contributed by atoms with Crippen molar-refractivity contribution in [2.24, 2.45) is 0 Å². The maximum Gasteiger partial charge on any atom is 0.251 e. The number of nitrogens with one attached hydrogen (secondary N) is 1. The summed E-state index contributed by atoms with van der Waals surface area (Å²) >= 11 is 0. The molecule has 0 radical (unpaired) electrons. The molecule has 0 atom stereocenters. The molecular weight excluding hydrogens is 286 g/mol. The Morgan fingerprint density at radius 2 is 1.75 bits per heavy atom. The second-order valence-corrected chi connectivity index (χ2v) is 6.52. The van der Waals surface area contributed by atoms with Gasteiger partial charge in [0, 0.05) is 11.8 Å². The molecule has 0 saturated carbocycles. The van der Waals surface area contributed by atoms with Gasteiger partial charge in [0.2, 0.25) is 0 Å². The van der Waals surface area contributed by atoms with Crippen LogP contribution in [0.2, 0.25) is 0 Å². The van der Waals surface area contributed by atoms with E-state index in [1.165, 1.54) is 24.3 Å². The van der Waals surface area contributed by atoms with E-state index in [1.54, 1.807) is 0 Å². The molecule has 0 aliphatic heterocycles. The summed E-state index contributed by atoms with van der Waals surface area (Å²) in [5, 5.41) is 29.7. The van der Waals surface area contributed by atoms with E-state index in [0.29, 0.717) is 0 Å². The van der Waals surface area contributed by atoms with Gasteiger partial charge < -0.3 is 20.6 Å². The molecule has 0 aliphatic rings. The second kappa shape index (κ2) is 6.31. The molecule has 0 saturated heterocycles. The number of sulfone groups is 1. The number of amides is 1. The zero-order valence-corrected chi connectivity index (χ0v) is 11.7. The quantitative estimate of drug-likeness (QED) is 0.509. The molecule has 0 spiro atoms. The Kier molecular flexibility index (Phi) is 5.23. The van der Waals surface area contributed by atoms with Crippen molar-refractivity contribution in [1.82, 2.24) is 5.32 Å². The summed E-state index contributed by atoms with van der Waals surface area (Å²) in [7, 11) is -3.45. The molecule has 0 fully saturated rings. The third kappa shape index (κ3) is 3.76. The number of benzene rings is 1. The monoisotopic (exact) mass is 303 g/mol. The largest absolute Gasteiger partial charge is 0.394 e. The van der Waals surface area contributed by atoms with Gasteiger partial charge in [-0.3, -0.25) is 4.79 Å². The van der Waals surface area contributed by atoms with Crippen molar-refractivity contribution in [3.63, 3.8) is 0 Å². The summed E-state index contributed by atoms with van der Waals surface area (Å²) in [6, 6.07) is 5.33. The highest BCUT2D eigenvalue weighted by molar-refractivity contribution is 7.90. The highest BCUT2D eigenvalue weighted by Crippen LogP contribution is 2.12. The number of rotatable bonds is 6. The molecule has 1 amide bonds. The van der Waals surface area contributed by atoms with Gasteiger partial charge in [-0.2, -0.15) is 0 Å². The standard InChI is InChI=1S/C12H17NO6S/c1-20(18,19)10-4-2-3-9(5-10)11(17)13-12(6-14,7-15)8-16/h2-5,14-16H,6-8H2,1H3,(H,13,17). The normalized spacial score (nSPS) is 12.2. The van der Waals surface area contributed by atoms with E-state index in [2.05, 4.69) is 5.32 Å². The van der Waals surface area contributed by atoms with E-state index in [0.717, 1.165) is 6.26 Å². The number of carbonyl (C=O) groups is 1. The minimum atomic E-state index is -3.45. The molecular formula is C12H17NO6S. The lowest BCUT2D eigenvalue weighted by molar-refractivity contribution is 0.0375. The van der Waals surface area contributed by atoms with Crippen LogP contribution in [0.15, 0.2) is 29.2 Å². The Labute approximate surface area is 116 Å². The molecule has 7 nitrogen and oxygen atoms in total. The molecule has 4 N–H and O–H groups in total. The highest BCUT2D eigenvalue weighted by atomic mass is 32.2. The molecule has 1 aromatic carbocycles. The molecule has 112 valence electrons. The predicted molar refractivity (Wildman–Crippen MR) is 71.0 cm³/mol. The van der Waals surface area contributed by atoms with Gasteiger partial charge in [-0.1, -0.05) is 6.07 Å². The van der Waals surface area contributed by atoms with Crippen LogP contribution >= 0.6 is 0 Å². The van der Waals surface area contributed by atoms with Gasteiger partial charge in [0.25, 0.3) is 5.91 Å². The Morgan fingerprint density at radius 3 is 2.20 bits per heavy atom. The Bertz CT molecular complexity index is 571. The van der Waals surface area contributed by atoms with E-state index in [-0.39, 0.29) is 10.5 Å². The van der Waals surface area contributed by atoms with Crippen LogP contribution in [0.3, 0.4) is 0 Å². The molecule has 0 aliphatic carbocycles. The van der Waals surface area contributed by atoms with Crippen LogP contribution in [0.4, 0.5) is 0 Å². The third-order valence-electron chi connectivity index (χ3n) is 2.81. The average molecular weight is 303 g/mol. The van der Waals surface area contributed by atoms with Crippen molar-refractivity contribution < 1.29 is 28.5 Å². The minimum absolute atomic E-state index is 0.0206. The first-order valence-corrected chi connectivity index (χ1v) is 7.62. The summed E-state index contributed by atoms with van der Waals surface area (Å²) < 4.78 is 22.8. The maximum absolute atomic E-state index is 12.0. The predicted octanol–water partition coefficient (Wildman–Crippen LogP) is -1.46. The smallest absolute Gasteiger partial charge is 0.251 e. The van der Waals surface area contributed by atoms with Crippen molar-refractivity contribution in [2.45, 2.75) is 10.4 Å². The van der Waals surface area contributed by atoms with Crippen molar-refractivity contribution in [3.05, 3.63) is 29.8 Å². The summed E-state index contributed by atoms with van der Waals surface area (Å²) in [5.41, 5.74) is -1.51. The SMILES string of the molecule is CS(=O)(=O)c1cccc(C(=O)NC(CO)(CO)CO)c1. The molecule has 0 unspecified atom stereocenters. The van der Waals surface area contributed by atoms with Gasteiger partial charge in [0.15, 0.2) is 9.84 Å². The fourth-order valence-electron chi connectivity index (χ4n) is 1.45.